The van der Waals surface area contributed by atoms with Gasteiger partial charge in [-0.25, -0.2) is 0 Å². The third-order valence-electron chi connectivity index (χ3n) is 3.57. The van der Waals surface area contributed by atoms with Gasteiger partial charge in [0.25, 0.3) is 0 Å². The topological polar surface area (TPSA) is 0 Å². The SMILES string of the molecule is CP(C1=CC=CCC1)C1CCCCC1. The molecule has 1 atom stereocenters. The molecular formula is C13H21P. The van der Waals surface area contributed by atoms with E-state index in [9.17, 15) is 0 Å². The molecule has 78 valence electrons. The summed E-state index contributed by atoms with van der Waals surface area (Å²) in [6.07, 6.45) is 17.0. The Kier molecular flexibility index (Phi) is 3.81. The zero-order valence-corrected chi connectivity index (χ0v) is 10.1. The molecule has 1 heteroatoms. The van der Waals surface area contributed by atoms with E-state index in [0.29, 0.717) is 0 Å². The molecule has 0 radical (unpaired) electrons. The second-order valence-electron chi connectivity index (χ2n) is 4.53. The van der Waals surface area contributed by atoms with Crippen LogP contribution in [-0.4, -0.2) is 12.3 Å². The van der Waals surface area contributed by atoms with Gasteiger partial charge in [0.15, 0.2) is 0 Å². The van der Waals surface area contributed by atoms with Crippen molar-refractivity contribution in [3.05, 3.63) is 23.5 Å². The second kappa shape index (κ2) is 5.12. The fourth-order valence-electron chi connectivity index (χ4n) is 2.59. The molecule has 0 spiro atoms. The van der Waals surface area contributed by atoms with Gasteiger partial charge in [-0.05, 0) is 43.3 Å². The van der Waals surface area contributed by atoms with E-state index in [1.165, 1.54) is 44.9 Å². The smallest absolute Gasteiger partial charge is 0.0175 e. The van der Waals surface area contributed by atoms with Gasteiger partial charge in [-0.3, -0.25) is 0 Å². The summed E-state index contributed by atoms with van der Waals surface area (Å²) in [5.41, 5.74) is 1.05. The average molecular weight is 208 g/mol. The summed E-state index contributed by atoms with van der Waals surface area (Å²) < 4.78 is 0. The Balaban J connectivity index is 1.95. The predicted molar refractivity (Wildman–Crippen MR) is 66.2 cm³/mol. The first kappa shape index (κ1) is 10.4. The molecular weight excluding hydrogens is 187 g/mol. The van der Waals surface area contributed by atoms with Gasteiger partial charge >= 0.3 is 0 Å². The third-order valence-corrected chi connectivity index (χ3v) is 6.46. The molecule has 0 aromatic heterocycles. The van der Waals surface area contributed by atoms with Crippen LogP contribution in [-0.2, 0) is 0 Å². The van der Waals surface area contributed by atoms with Gasteiger partial charge in [-0.15, -0.1) is 0 Å². The summed E-state index contributed by atoms with van der Waals surface area (Å²) in [4.78, 5) is 0. The molecule has 1 unspecified atom stereocenters. The fraction of sp³-hybridized carbons (Fsp3) is 0.692. The largest absolute Gasteiger partial charge is 0.0842 e. The van der Waals surface area contributed by atoms with Crippen LogP contribution in [0.2, 0.25) is 0 Å². The third kappa shape index (κ3) is 2.48. The zero-order chi connectivity index (χ0) is 9.80. The molecule has 0 saturated heterocycles. The Bertz CT molecular complexity index is 234. The monoisotopic (exact) mass is 208 g/mol. The van der Waals surface area contributed by atoms with Crippen LogP contribution in [0.5, 0.6) is 0 Å². The highest BCUT2D eigenvalue weighted by Crippen LogP contribution is 2.53. The first-order chi connectivity index (χ1) is 6.88. The quantitative estimate of drug-likeness (QED) is 0.579. The van der Waals surface area contributed by atoms with Crippen molar-refractivity contribution in [1.82, 2.24) is 0 Å². The summed E-state index contributed by atoms with van der Waals surface area (Å²) >= 11 is 0. The van der Waals surface area contributed by atoms with E-state index < -0.39 is 0 Å². The molecule has 1 fully saturated rings. The summed E-state index contributed by atoms with van der Waals surface area (Å²) in [5, 5.41) is 1.77. The normalized spacial score (nSPS) is 25.9. The Morgan fingerprint density at radius 3 is 2.64 bits per heavy atom. The van der Waals surface area contributed by atoms with E-state index in [1.54, 1.807) is 5.31 Å². The van der Waals surface area contributed by atoms with Gasteiger partial charge in [-0.1, -0.05) is 45.4 Å². The molecule has 0 bridgehead atoms. The Morgan fingerprint density at radius 2 is 2.00 bits per heavy atom. The van der Waals surface area contributed by atoms with E-state index >= 15 is 0 Å². The summed E-state index contributed by atoms with van der Waals surface area (Å²) in [6, 6.07) is 0. The molecule has 0 aromatic rings. The molecule has 1 saturated carbocycles. The lowest BCUT2D eigenvalue weighted by atomic mass is 10.0. The van der Waals surface area contributed by atoms with E-state index in [4.69, 9.17) is 0 Å². The van der Waals surface area contributed by atoms with Crippen molar-refractivity contribution in [2.45, 2.75) is 50.6 Å². The van der Waals surface area contributed by atoms with Crippen LogP contribution in [0.15, 0.2) is 23.5 Å². The fourth-order valence-corrected chi connectivity index (χ4v) is 5.00. The minimum absolute atomic E-state index is 0.193. The molecule has 0 aliphatic heterocycles. The van der Waals surface area contributed by atoms with Crippen LogP contribution in [0.25, 0.3) is 0 Å². The average Bonchev–Trinajstić information content (AvgIpc) is 2.30. The number of rotatable bonds is 2. The summed E-state index contributed by atoms with van der Waals surface area (Å²) in [7, 11) is 0.193. The zero-order valence-electron chi connectivity index (χ0n) is 9.21. The van der Waals surface area contributed by atoms with Crippen molar-refractivity contribution in [3.8, 4) is 0 Å². The van der Waals surface area contributed by atoms with Crippen molar-refractivity contribution in [1.29, 1.82) is 0 Å². The summed E-state index contributed by atoms with van der Waals surface area (Å²) in [5.74, 6) is 0. The highest BCUT2D eigenvalue weighted by molar-refractivity contribution is 7.62. The van der Waals surface area contributed by atoms with Crippen LogP contribution in [0.3, 0.4) is 0 Å². The molecule has 14 heavy (non-hydrogen) atoms. The first-order valence-corrected chi connectivity index (χ1v) is 7.82. The van der Waals surface area contributed by atoms with Crippen molar-refractivity contribution in [3.63, 3.8) is 0 Å². The highest BCUT2D eigenvalue weighted by atomic mass is 31.1. The summed E-state index contributed by atoms with van der Waals surface area (Å²) in [6.45, 7) is 2.51. The standard InChI is InChI=1S/C13H21P/c1-14(12-8-4-2-5-9-12)13-10-6-3-7-11-13/h2,4,8,13H,3,5-7,9-11H2,1H3. The second-order valence-corrected chi connectivity index (χ2v) is 7.05. The maximum absolute atomic E-state index is 2.51. The van der Waals surface area contributed by atoms with Gasteiger partial charge < -0.3 is 0 Å². The lowest BCUT2D eigenvalue weighted by Crippen LogP contribution is -2.11. The Labute approximate surface area is 89.2 Å². The number of hydrogen-bond donors (Lipinski definition) is 0. The maximum atomic E-state index is 2.51. The Morgan fingerprint density at radius 1 is 1.21 bits per heavy atom. The van der Waals surface area contributed by atoms with Crippen molar-refractivity contribution in [2.24, 2.45) is 0 Å². The van der Waals surface area contributed by atoms with Gasteiger partial charge in [-0.2, -0.15) is 0 Å². The van der Waals surface area contributed by atoms with Gasteiger partial charge in [0.2, 0.25) is 0 Å². The molecule has 2 aliphatic carbocycles. The van der Waals surface area contributed by atoms with Gasteiger partial charge in [0, 0.05) is 0 Å². The maximum Gasteiger partial charge on any atom is -0.0175 e. The molecule has 0 nitrogen and oxygen atoms in total. The van der Waals surface area contributed by atoms with Crippen molar-refractivity contribution in [2.75, 3.05) is 6.66 Å². The highest BCUT2D eigenvalue weighted by Gasteiger charge is 2.22. The van der Waals surface area contributed by atoms with Crippen molar-refractivity contribution >= 4 is 7.92 Å². The van der Waals surface area contributed by atoms with Gasteiger partial charge in [0.05, 0.1) is 0 Å². The molecule has 0 aromatic carbocycles. The molecule has 2 rings (SSSR count). The van der Waals surface area contributed by atoms with E-state index in [0.717, 1.165) is 5.66 Å². The van der Waals surface area contributed by atoms with E-state index in [-0.39, 0.29) is 7.92 Å². The van der Waals surface area contributed by atoms with E-state index in [2.05, 4.69) is 24.9 Å². The number of allylic oxidation sites excluding steroid dienone is 4. The van der Waals surface area contributed by atoms with Crippen LogP contribution in [0.4, 0.5) is 0 Å². The lowest BCUT2D eigenvalue weighted by molar-refractivity contribution is 0.511. The van der Waals surface area contributed by atoms with Gasteiger partial charge in [0.1, 0.15) is 0 Å². The van der Waals surface area contributed by atoms with E-state index in [1.807, 2.05) is 0 Å². The minimum Gasteiger partial charge on any atom is -0.0842 e. The van der Waals surface area contributed by atoms with Crippen LogP contribution in [0, 0.1) is 0 Å². The predicted octanol–water partition coefficient (Wildman–Crippen LogP) is 4.66. The molecule has 0 N–H and O–H groups in total. The molecule has 2 aliphatic rings. The first-order valence-electron chi connectivity index (χ1n) is 5.96. The van der Waals surface area contributed by atoms with Crippen LogP contribution in [0.1, 0.15) is 44.9 Å². The van der Waals surface area contributed by atoms with Crippen molar-refractivity contribution < 1.29 is 0 Å². The molecule has 0 amide bonds. The number of hydrogen-bond acceptors (Lipinski definition) is 0. The minimum atomic E-state index is 0.193. The Hall–Kier alpha value is -0.0900. The van der Waals surface area contributed by atoms with Crippen LogP contribution >= 0.6 is 7.92 Å². The lowest BCUT2D eigenvalue weighted by Gasteiger charge is -2.30. The van der Waals surface area contributed by atoms with Crippen LogP contribution < -0.4 is 0 Å². The molecule has 0 heterocycles.